The SMILES string of the molecule is C[C@H](CO)NCc1cccc2c1NCCC2. The van der Waals surface area contributed by atoms with Gasteiger partial charge in [0.25, 0.3) is 0 Å². The second-order valence-corrected chi connectivity index (χ2v) is 4.45. The molecule has 1 aliphatic rings. The van der Waals surface area contributed by atoms with Gasteiger partial charge in [0, 0.05) is 24.8 Å². The summed E-state index contributed by atoms with van der Waals surface area (Å²) in [6, 6.07) is 6.61. The summed E-state index contributed by atoms with van der Waals surface area (Å²) in [6.07, 6.45) is 2.39. The van der Waals surface area contributed by atoms with Crippen LogP contribution in [-0.2, 0) is 13.0 Å². The van der Waals surface area contributed by atoms with Crippen LogP contribution in [0.5, 0.6) is 0 Å². The van der Waals surface area contributed by atoms with Crippen LogP contribution in [0, 0.1) is 0 Å². The van der Waals surface area contributed by atoms with Crippen molar-refractivity contribution in [1.29, 1.82) is 0 Å². The Morgan fingerprint density at radius 1 is 1.50 bits per heavy atom. The molecule has 0 saturated carbocycles. The number of fused-ring (bicyclic) bond motifs is 1. The first kappa shape index (κ1) is 11.4. The number of anilines is 1. The van der Waals surface area contributed by atoms with Crippen molar-refractivity contribution in [2.45, 2.75) is 32.4 Å². The summed E-state index contributed by atoms with van der Waals surface area (Å²) in [5, 5.41) is 15.8. The first-order chi connectivity index (χ1) is 7.81. The number of para-hydroxylation sites is 1. The van der Waals surface area contributed by atoms with Crippen molar-refractivity contribution < 1.29 is 5.11 Å². The van der Waals surface area contributed by atoms with Gasteiger partial charge in [-0.05, 0) is 30.9 Å². The second-order valence-electron chi connectivity index (χ2n) is 4.45. The first-order valence-corrected chi connectivity index (χ1v) is 6.00. The second kappa shape index (κ2) is 5.32. The highest BCUT2D eigenvalue weighted by molar-refractivity contribution is 5.59. The summed E-state index contributed by atoms with van der Waals surface area (Å²) in [7, 11) is 0. The van der Waals surface area contributed by atoms with E-state index in [1.807, 2.05) is 6.92 Å². The molecule has 0 aromatic heterocycles. The van der Waals surface area contributed by atoms with Crippen LogP contribution in [0.3, 0.4) is 0 Å². The molecule has 0 fully saturated rings. The number of aliphatic hydroxyl groups excluding tert-OH is 1. The number of aliphatic hydroxyl groups is 1. The van der Waals surface area contributed by atoms with Gasteiger partial charge in [0.05, 0.1) is 6.61 Å². The molecule has 1 aromatic carbocycles. The molecule has 0 bridgehead atoms. The number of hydrogen-bond acceptors (Lipinski definition) is 3. The van der Waals surface area contributed by atoms with Gasteiger partial charge in [-0.2, -0.15) is 0 Å². The quantitative estimate of drug-likeness (QED) is 0.721. The van der Waals surface area contributed by atoms with Crippen molar-refractivity contribution in [2.75, 3.05) is 18.5 Å². The number of nitrogens with one attached hydrogen (secondary N) is 2. The lowest BCUT2D eigenvalue weighted by Gasteiger charge is -2.22. The van der Waals surface area contributed by atoms with Crippen LogP contribution in [0.2, 0.25) is 0 Å². The average molecular weight is 220 g/mol. The van der Waals surface area contributed by atoms with Gasteiger partial charge in [-0.3, -0.25) is 0 Å². The van der Waals surface area contributed by atoms with E-state index in [4.69, 9.17) is 5.11 Å². The van der Waals surface area contributed by atoms with Crippen molar-refractivity contribution in [2.24, 2.45) is 0 Å². The largest absolute Gasteiger partial charge is 0.395 e. The van der Waals surface area contributed by atoms with Crippen LogP contribution in [-0.4, -0.2) is 24.3 Å². The summed E-state index contributed by atoms with van der Waals surface area (Å²) in [4.78, 5) is 0. The predicted molar refractivity (Wildman–Crippen MR) is 66.6 cm³/mol. The summed E-state index contributed by atoms with van der Waals surface area (Å²) < 4.78 is 0. The molecule has 88 valence electrons. The Bertz CT molecular complexity index is 352. The fourth-order valence-corrected chi connectivity index (χ4v) is 2.08. The minimum absolute atomic E-state index is 0.152. The Kier molecular flexibility index (Phi) is 3.80. The molecule has 3 heteroatoms. The number of aryl methyl sites for hydroxylation is 1. The third kappa shape index (κ3) is 2.54. The molecule has 1 heterocycles. The molecule has 1 aromatic rings. The molecule has 0 amide bonds. The average Bonchev–Trinajstić information content (AvgIpc) is 2.35. The maximum absolute atomic E-state index is 8.97. The fourth-order valence-electron chi connectivity index (χ4n) is 2.08. The van der Waals surface area contributed by atoms with Crippen LogP contribution < -0.4 is 10.6 Å². The van der Waals surface area contributed by atoms with Gasteiger partial charge >= 0.3 is 0 Å². The Morgan fingerprint density at radius 2 is 2.38 bits per heavy atom. The minimum Gasteiger partial charge on any atom is -0.395 e. The first-order valence-electron chi connectivity index (χ1n) is 6.00. The van der Waals surface area contributed by atoms with Gasteiger partial charge in [0.15, 0.2) is 0 Å². The van der Waals surface area contributed by atoms with E-state index in [1.165, 1.54) is 29.7 Å². The molecular formula is C13H20N2O. The van der Waals surface area contributed by atoms with E-state index in [-0.39, 0.29) is 12.6 Å². The lowest BCUT2D eigenvalue weighted by molar-refractivity contribution is 0.251. The molecule has 0 unspecified atom stereocenters. The van der Waals surface area contributed by atoms with E-state index in [9.17, 15) is 0 Å². The molecule has 1 atom stereocenters. The van der Waals surface area contributed by atoms with Gasteiger partial charge in [-0.1, -0.05) is 18.2 Å². The molecule has 2 rings (SSSR count). The molecule has 0 radical (unpaired) electrons. The minimum atomic E-state index is 0.152. The monoisotopic (exact) mass is 220 g/mol. The lowest BCUT2D eigenvalue weighted by atomic mass is 9.99. The molecule has 3 N–H and O–H groups in total. The van der Waals surface area contributed by atoms with Gasteiger partial charge in [0.2, 0.25) is 0 Å². The standard InChI is InChI=1S/C13H20N2O/c1-10(9-16)15-8-12-5-2-4-11-6-3-7-14-13(11)12/h2,4-5,10,14-16H,3,6-9H2,1H3/t10-/m1/s1. The molecular weight excluding hydrogens is 200 g/mol. The van der Waals surface area contributed by atoms with Crippen molar-refractivity contribution in [1.82, 2.24) is 5.32 Å². The molecule has 3 nitrogen and oxygen atoms in total. The Labute approximate surface area is 96.9 Å². The summed E-state index contributed by atoms with van der Waals surface area (Å²) in [5.74, 6) is 0. The zero-order valence-electron chi connectivity index (χ0n) is 9.79. The highest BCUT2D eigenvalue weighted by Gasteiger charge is 2.12. The maximum atomic E-state index is 8.97. The van der Waals surface area contributed by atoms with Gasteiger partial charge < -0.3 is 15.7 Å². The zero-order chi connectivity index (χ0) is 11.4. The van der Waals surface area contributed by atoms with E-state index < -0.39 is 0 Å². The topological polar surface area (TPSA) is 44.3 Å². The predicted octanol–water partition coefficient (Wildman–Crippen LogP) is 1.52. The summed E-state index contributed by atoms with van der Waals surface area (Å²) in [6.45, 7) is 4.06. The number of hydrogen-bond donors (Lipinski definition) is 3. The third-order valence-electron chi connectivity index (χ3n) is 3.08. The number of benzene rings is 1. The third-order valence-corrected chi connectivity index (χ3v) is 3.08. The highest BCUT2D eigenvalue weighted by Crippen LogP contribution is 2.25. The van der Waals surface area contributed by atoms with Gasteiger partial charge in [-0.25, -0.2) is 0 Å². The zero-order valence-corrected chi connectivity index (χ0v) is 9.79. The Balaban J connectivity index is 2.08. The van der Waals surface area contributed by atoms with Crippen molar-refractivity contribution in [3.8, 4) is 0 Å². The molecule has 0 saturated heterocycles. The normalized spacial score (nSPS) is 16.4. The van der Waals surface area contributed by atoms with Crippen LogP contribution >= 0.6 is 0 Å². The van der Waals surface area contributed by atoms with E-state index >= 15 is 0 Å². The smallest absolute Gasteiger partial charge is 0.0582 e. The Hall–Kier alpha value is -1.06. The number of rotatable bonds is 4. The molecule has 1 aliphatic heterocycles. The van der Waals surface area contributed by atoms with Crippen molar-refractivity contribution >= 4 is 5.69 Å². The highest BCUT2D eigenvalue weighted by atomic mass is 16.3. The van der Waals surface area contributed by atoms with Crippen LogP contribution in [0.25, 0.3) is 0 Å². The van der Waals surface area contributed by atoms with E-state index in [0.29, 0.717) is 0 Å². The van der Waals surface area contributed by atoms with Gasteiger partial charge in [-0.15, -0.1) is 0 Å². The maximum Gasteiger partial charge on any atom is 0.0582 e. The van der Waals surface area contributed by atoms with E-state index in [2.05, 4.69) is 28.8 Å². The molecule has 0 aliphatic carbocycles. The van der Waals surface area contributed by atoms with E-state index in [0.717, 1.165) is 13.1 Å². The van der Waals surface area contributed by atoms with Crippen molar-refractivity contribution in [3.63, 3.8) is 0 Å². The molecule has 0 spiro atoms. The van der Waals surface area contributed by atoms with Crippen LogP contribution in [0.15, 0.2) is 18.2 Å². The molecule has 16 heavy (non-hydrogen) atoms. The Morgan fingerprint density at radius 3 is 3.19 bits per heavy atom. The van der Waals surface area contributed by atoms with Gasteiger partial charge in [0.1, 0.15) is 0 Å². The van der Waals surface area contributed by atoms with Crippen LogP contribution in [0.1, 0.15) is 24.5 Å². The van der Waals surface area contributed by atoms with E-state index in [1.54, 1.807) is 0 Å². The van der Waals surface area contributed by atoms with Crippen molar-refractivity contribution in [3.05, 3.63) is 29.3 Å². The lowest BCUT2D eigenvalue weighted by Crippen LogP contribution is -2.29. The van der Waals surface area contributed by atoms with Crippen LogP contribution in [0.4, 0.5) is 5.69 Å². The summed E-state index contributed by atoms with van der Waals surface area (Å²) >= 11 is 0. The summed E-state index contributed by atoms with van der Waals surface area (Å²) in [5.41, 5.74) is 4.02. The fraction of sp³-hybridized carbons (Fsp3) is 0.538.